The third-order valence-electron chi connectivity index (χ3n) is 3.23. The number of nitrogens with zero attached hydrogens (tertiary/aromatic N) is 1. The summed E-state index contributed by atoms with van der Waals surface area (Å²) in [6.07, 6.45) is 2.32. The van der Waals surface area contributed by atoms with E-state index >= 15 is 0 Å². The molecule has 0 aliphatic carbocycles. The zero-order chi connectivity index (χ0) is 13.2. The van der Waals surface area contributed by atoms with E-state index in [1.54, 1.807) is 0 Å². The van der Waals surface area contributed by atoms with Gasteiger partial charge in [0.2, 0.25) is 5.76 Å². The molecule has 5 heteroatoms. The van der Waals surface area contributed by atoms with Crippen molar-refractivity contribution in [1.29, 1.82) is 0 Å². The van der Waals surface area contributed by atoms with Gasteiger partial charge in [-0.1, -0.05) is 29.4 Å². The van der Waals surface area contributed by atoms with Crippen LogP contribution in [0.2, 0.25) is 0 Å². The molecule has 3 rings (SSSR count). The molecule has 0 amide bonds. The third-order valence-corrected chi connectivity index (χ3v) is 3.23. The van der Waals surface area contributed by atoms with Crippen LogP contribution in [0.25, 0.3) is 11.3 Å². The van der Waals surface area contributed by atoms with Crippen LogP contribution in [0.15, 0.2) is 34.9 Å². The van der Waals surface area contributed by atoms with Crippen LogP contribution in [0.3, 0.4) is 0 Å². The van der Waals surface area contributed by atoms with Crippen molar-refractivity contribution >= 4 is 5.97 Å². The first kappa shape index (κ1) is 11.9. The summed E-state index contributed by atoms with van der Waals surface area (Å²) in [6, 6.07) is 9.20. The highest BCUT2D eigenvalue weighted by molar-refractivity contribution is 5.85. The van der Waals surface area contributed by atoms with E-state index in [-0.39, 0.29) is 11.9 Å². The lowest BCUT2D eigenvalue weighted by Gasteiger charge is -2.09. The summed E-state index contributed by atoms with van der Waals surface area (Å²) in [6.45, 7) is 0.817. The molecule has 1 unspecified atom stereocenters. The number of aromatic nitrogens is 1. The number of hydrogen-bond acceptors (Lipinski definition) is 4. The molecule has 0 saturated carbocycles. The fraction of sp³-hybridized carbons (Fsp3) is 0.286. The van der Waals surface area contributed by atoms with Gasteiger partial charge in [-0.25, -0.2) is 4.79 Å². The van der Waals surface area contributed by atoms with E-state index in [2.05, 4.69) is 5.16 Å². The van der Waals surface area contributed by atoms with Gasteiger partial charge >= 0.3 is 5.97 Å². The Morgan fingerprint density at radius 3 is 2.68 bits per heavy atom. The first-order valence-corrected chi connectivity index (χ1v) is 6.16. The molecule has 5 nitrogen and oxygen atoms in total. The normalized spacial score (nSPS) is 18.6. The van der Waals surface area contributed by atoms with E-state index in [1.807, 2.05) is 24.3 Å². The van der Waals surface area contributed by atoms with E-state index in [1.165, 1.54) is 6.07 Å². The van der Waals surface area contributed by atoms with Gasteiger partial charge in [0.05, 0.1) is 6.10 Å². The van der Waals surface area contributed by atoms with Crippen molar-refractivity contribution in [2.45, 2.75) is 18.9 Å². The Hall–Kier alpha value is -2.14. The Labute approximate surface area is 109 Å². The summed E-state index contributed by atoms with van der Waals surface area (Å²) >= 11 is 0. The van der Waals surface area contributed by atoms with Crippen LogP contribution in [0.4, 0.5) is 0 Å². The molecule has 1 fully saturated rings. The highest BCUT2D eigenvalue weighted by Crippen LogP contribution is 2.30. The Balaban J connectivity index is 1.82. The maximum absolute atomic E-state index is 10.7. The van der Waals surface area contributed by atoms with Crippen molar-refractivity contribution in [3.8, 4) is 11.3 Å². The first-order chi connectivity index (χ1) is 9.24. The summed E-state index contributed by atoms with van der Waals surface area (Å²) in [5, 5.41) is 12.5. The van der Waals surface area contributed by atoms with E-state index in [4.69, 9.17) is 14.4 Å². The molecule has 0 spiro atoms. The Morgan fingerprint density at radius 1 is 1.32 bits per heavy atom. The van der Waals surface area contributed by atoms with Gasteiger partial charge in [-0.2, -0.15) is 0 Å². The Morgan fingerprint density at radius 2 is 2.11 bits per heavy atom. The van der Waals surface area contributed by atoms with Crippen molar-refractivity contribution < 1.29 is 19.2 Å². The molecular formula is C14H13NO4. The van der Waals surface area contributed by atoms with Gasteiger partial charge in [0.25, 0.3) is 0 Å². The van der Waals surface area contributed by atoms with Gasteiger partial charge in [-0.3, -0.25) is 0 Å². The molecule has 2 heterocycles. The predicted octanol–water partition coefficient (Wildman–Crippen LogP) is 2.89. The molecule has 1 aromatic carbocycles. The standard InChI is InChI=1S/C14H13NO4/c16-14(17)13-8-11(15-19-13)9-3-5-10(6-4-9)12-2-1-7-18-12/h3-6,8,12H,1-2,7H2,(H,16,17). The molecular weight excluding hydrogens is 246 g/mol. The second kappa shape index (κ2) is 4.85. The number of carbonyl (C=O) groups is 1. The van der Waals surface area contributed by atoms with Gasteiger partial charge in [0.1, 0.15) is 5.69 Å². The fourth-order valence-corrected chi connectivity index (χ4v) is 2.22. The number of carboxylic acid groups (broad SMARTS) is 1. The van der Waals surface area contributed by atoms with Crippen LogP contribution >= 0.6 is 0 Å². The zero-order valence-corrected chi connectivity index (χ0v) is 10.2. The predicted molar refractivity (Wildman–Crippen MR) is 66.8 cm³/mol. The summed E-state index contributed by atoms with van der Waals surface area (Å²) in [7, 11) is 0. The van der Waals surface area contributed by atoms with Crippen LogP contribution in [0.1, 0.15) is 35.1 Å². The van der Waals surface area contributed by atoms with Crippen LogP contribution in [0, 0.1) is 0 Å². The summed E-state index contributed by atoms with van der Waals surface area (Å²) < 4.78 is 10.3. The number of carboxylic acids is 1. The van der Waals surface area contributed by atoms with E-state index in [0.29, 0.717) is 5.69 Å². The second-order valence-corrected chi connectivity index (χ2v) is 4.51. The van der Waals surface area contributed by atoms with Crippen LogP contribution in [-0.4, -0.2) is 22.8 Å². The fourth-order valence-electron chi connectivity index (χ4n) is 2.22. The SMILES string of the molecule is O=C(O)c1cc(-c2ccc(C3CCCO3)cc2)no1. The minimum Gasteiger partial charge on any atom is -0.475 e. The number of rotatable bonds is 3. The maximum atomic E-state index is 10.7. The lowest BCUT2D eigenvalue weighted by atomic mass is 10.0. The Kier molecular flexibility index (Phi) is 3.05. The van der Waals surface area contributed by atoms with Crippen LogP contribution in [0.5, 0.6) is 0 Å². The molecule has 19 heavy (non-hydrogen) atoms. The zero-order valence-electron chi connectivity index (χ0n) is 10.2. The maximum Gasteiger partial charge on any atom is 0.374 e. The average Bonchev–Trinajstić information content (AvgIpc) is 3.11. The molecule has 1 aliphatic rings. The van der Waals surface area contributed by atoms with Crippen LogP contribution in [-0.2, 0) is 4.74 Å². The van der Waals surface area contributed by atoms with Gasteiger partial charge in [-0.05, 0) is 18.4 Å². The van der Waals surface area contributed by atoms with Crippen LogP contribution < -0.4 is 0 Å². The van der Waals surface area contributed by atoms with Crippen molar-refractivity contribution in [1.82, 2.24) is 5.16 Å². The topological polar surface area (TPSA) is 72.6 Å². The van der Waals surface area contributed by atoms with E-state index in [0.717, 1.165) is 30.6 Å². The molecule has 1 saturated heterocycles. The number of hydrogen-bond donors (Lipinski definition) is 1. The molecule has 1 atom stereocenters. The highest BCUT2D eigenvalue weighted by atomic mass is 16.5. The second-order valence-electron chi connectivity index (χ2n) is 4.51. The van der Waals surface area contributed by atoms with Gasteiger partial charge in [0, 0.05) is 18.2 Å². The summed E-state index contributed by atoms with van der Waals surface area (Å²) in [5.41, 5.74) is 2.50. The van der Waals surface area contributed by atoms with E-state index < -0.39 is 5.97 Å². The van der Waals surface area contributed by atoms with Crippen molar-refractivity contribution in [2.24, 2.45) is 0 Å². The van der Waals surface area contributed by atoms with E-state index in [9.17, 15) is 4.79 Å². The monoisotopic (exact) mass is 259 g/mol. The van der Waals surface area contributed by atoms with Crippen molar-refractivity contribution in [3.05, 3.63) is 41.7 Å². The quantitative estimate of drug-likeness (QED) is 0.917. The number of aromatic carboxylic acids is 1. The largest absolute Gasteiger partial charge is 0.475 e. The molecule has 1 N–H and O–H groups in total. The summed E-state index contributed by atoms with van der Waals surface area (Å²) in [5.74, 6) is -1.27. The number of benzene rings is 1. The molecule has 0 bridgehead atoms. The van der Waals surface area contributed by atoms with Gasteiger partial charge in [-0.15, -0.1) is 0 Å². The molecule has 1 aliphatic heterocycles. The summed E-state index contributed by atoms with van der Waals surface area (Å²) in [4.78, 5) is 10.7. The van der Waals surface area contributed by atoms with Crippen molar-refractivity contribution in [2.75, 3.05) is 6.61 Å². The highest BCUT2D eigenvalue weighted by Gasteiger charge is 2.18. The molecule has 2 aromatic rings. The molecule has 98 valence electrons. The smallest absolute Gasteiger partial charge is 0.374 e. The molecule has 0 radical (unpaired) electrons. The van der Waals surface area contributed by atoms with Crippen molar-refractivity contribution in [3.63, 3.8) is 0 Å². The van der Waals surface area contributed by atoms with Gasteiger partial charge < -0.3 is 14.4 Å². The number of ether oxygens (including phenoxy) is 1. The first-order valence-electron chi connectivity index (χ1n) is 6.16. The minimum absolute atomic E-state index is 0.154. The average molecular weight is 259 g/mol. The molecule has 1 aromatic heterocycles. The van der Waals surface area contributed by atoms with Gasteiger partial charge in [0.15, 0.2) is 0 Å². The lowest BCUT2D eigenvalue weighted by Crippen LogP contribution is -1.95. The lowest BCUT2D eigenvalue weighted by molar-refractivity contribution is 0.0652. The minimum atomic E-state index is -1.12. The Bertz CT molecular complexity index is 582. The third kappa shape index (κ3) is 2.37.